The summed E-state index contributed by atoms with van der Waals surface area (Å²) in [4.78, 5) is 18.6. The molecule has 5 rings (SSSR count). The van der Waals surface area contributed by atoms with Gasteiger partial charge in [-0.25, -0.2) is 4.79 Å². The van der Waals surface area contributed by atoms with Crippen LogP contribution in [-0.2, 0) is 9.63 Å². The lowest BCUT2D eigenvalue weighted by molar-refractivity contribution is -0.171. The number of oxime groups is 1. The summed E-state index contributed by atoms with van der Waals surface area (Å²) in [5.41, 5.74) is 0.953. The zero-order chi connectivity index (χ0) is 16.9. The molecule has 0 amide bonds. The molecule has 0 heterocycles. The number of hydrogen-bond donors (Lipinski definition) is 0. The van der Waals surface area contributed by atoms with Gasteiger partial charge in [0.25, 0.3) is 0 Å². The Balaban J connectivity index is 1.47. The van der Waals surface area contributed by atoms with Gasteiger partial charge in [-0.15, -0.1) is 0 Å². The molecule has 0 aliphatic heterocycles. The van der Waals surface area contributed by atoms with Crippen LogP contribution >= 0.6 is 0 Å². The van der Waals surface area contributed by atoms with Crippen molar-refractivity contribution < 1.29 is 9.63 Å². The molecule has 0 spiro atoms. The highest BCUT2D eigenvalue weighted by Gasteiger charge is 2.55. The molecule has 4 bridgehead atoms. The standard InChI is InChI=1S/C21H33NO2/c1-13(2)18-5-4-14(3)6-19(18)22-24-20(23)21-10-15-7-16(11-21)9-17(8-15)12-21/h13-18H,4-12H2,1-3H3/t14-,15?,16?,17?,18+,21?/m0/s1. The summed E-state index contributed by atoms with van der Waals surface area (Å²) in [6.07, 6.45) is 10.7. The molecular weight excluding hydrogens is 298 g/mol. The van der Waals surface area contributed by atoms with Crippen molar-refractivity contribution in [3.8, 4) is 0 Å². The third-order valence-electron chi connectivity index (χ3n) is 7.48. The van der Waals surface area contributed by atoms with Gasteiger partial charge in [0.15, 0.2) is 0 Å². The predicted octanol–water partition coefficient (Wildman–Crippen LogP) is 5.19. The summed E-state index contributed by atoms with van der Waals surface area (Å²) >= 11 is 0. The van der Waals surface area contributed by atoms with Crippen molar-refractivity contribution in [2.24, 2.45) is 46.1 Å². The van der Waals surface area contributed by atoms with Gasteiger partial charge in [0, 0.05) is 5.92 Å². The van der Waals surface area contributed by atoms with Gasteiger partial charge in [-0.3, -0.25) is 0 Å². The number of rotatable bonds is 3. The SMILES string of the molecule is CC(C)[C@H]1CC[C@H](C)CC1=NOC(=O)C12CC3CC(CC(C3)C1)C2. The van der Waals surface area contributed by atoms with Crippen LogP contribution in [0.4, 0.5) is 0 Å². The highest BCUT2D eigenvalue weighted by atomic mass is 16.7. The lowest BCUT2D eigenvalue weighted by Crippen LogP contribution is -2.50. The van der Waals surface area contributed by atoms with E-state index in [0.29, 0.717) is 17.8 Å². The molecule has 3 heteroatoms. The first-order valence-corrected chi connectivity index (χ1v) is 10.2. The quantitative estimate of drug-likeness (QED) is 0.527. The van der Waals surface area contributed by atoms with Crippen molar-refractivity contribution in [3.63, 3.8) is 0 Å². The van der Waals surface area contributed by atoms with Crippen molar-refractivity contribution in [2.75, 3.05) is 0 Å². The van der Waals surface area contributed by atoms with Crippen LogP contribution in [0.25, 0.3) is 0 Å². The molecule has 24 heavy (non-hydrogen) atoms. The first-order valence-electron chi connectivity index (χ1n) is 10.2. The highest BCUT2D eigenvalue weighted by Crippen LogP contribution is 2.60. The number of hydrogen-bond acceptors (Lipinski definition) is 3. The van der Waals surface area contributed by atoms with Crippen LogP contribution in [0.2, 0.25) is 0 Å². The number of carbonyl (C=O) groups excluding carboxylic acids is 1. The molecule has 0 aromatic rings. The van der Waals surface area contributed by atoms with E-state index in [0.717, 1.165) is 49.1 Å². The largest absolute Gasteiger partial charge is 0.341 e. The van der Waals surface area contributed by atoms with Crippen LogP contribution in [-0.4, -0.2) is 11.7 Å². The van der Waals surface area contributed by atoms with E-state index in [1.807, 2.05) is 0 Å². The fraction of sp³-hybridized carbons (Fsp3) is 0.905. The molecule has 5 fully saturated rings. The number of carbonyl (C=O) groups is 1. The molecule has 134 valence electrons. The highest BCUT2D eigenvalue weighted by molar-refractivity contribution is 5.88. The Labute approximate surface area is 146 Å². The van der Waals surface area contributed by atoms with E-state index in [-0.39, 0.29) is 11.4 Å². The van der Waals surface area contributed by atoms with Crippen LogP contribution in [0.15, 0.2) is 5.16 Å². The van der Waals surface area contributed by atoms with E-state index in [1.54, 1.807) is 0 Å². The maximum atomic E-state index is 13.0. The van der Waals surface area contributed by atoms with Crippen LogP contribution in [0.1, 0.15) is 78.6 Å². The molecule has 5 aliphatic rings. The van der Waals surface area contributed by atoms with Crippen LogP contribution in [0.5, 0.6) is 0 Å². The van der Waals surface area contributed by atoms with E-state index in [2.05, 4.69) is 25.9 Å². The van der Waals surface area contributed by atoms with Crippen LogP contribution in [0.3, 0.4) is 0 Å². The van der Waals surface area contributed by atoms with E-state index < -0.39 is 0 Å². The lowest BCUT2D eigenvalue weighted by Gasteiger charge is -2.54. The monoisotopic (exact) mass is 331 g/mol. The molecule has 5 saturated carbocycles. The fourth-order valence-corrected chi connectivity index (χ4v) is 6.62. The summed E-state index contributed by atoms with van der Waals surface area (Å²) in [7, 11) is 0. The predicted molar refractivity (Wildman–Crippen MR) is 95.5 cm³/mol. The minimum atomic E-state index is -0.188. The average Bonchev–Trinajstić information content (AvgIpc) is 2.51. The molecule has 2 atom stereocenters. The van der Waals surface area contributed by atoms with E-state index >= 15 is 0 Å². The van der Waals surface area contributed by atoms with Gasteiger partial charge in [0.2, 0.25) is 0 Å². The molecule has 0 aromatic carbocycles. The van der Waals surface area contributed by atoms with Gasteiger partial charge in [0.1, 0.15) is 0 Å². The molecule has 3 nitrogen and oxygen atoms in total. The summed E-state index contributed by atoms with van der Waals surface area (Å²) in [5, 5.41) is 4.46. The Morgan fingerprint density at radius 2 is 1.67 bits per heavy atom. The maximum absolute atomic E-state index is 13.0. The zero-order valence-electron chi connectivity index (χ0n) is 15.6. The van der Waals surface area contributed by atoms with Crippen molar-refractivity contribution in [2.45, 2.75) is 78.6 Å². The average molecular weight is 332 g/mol. The van der Waals surface area contributed by atoms with Gasteiger partial charge in [-0.2, -0.15) is 0 Å². The van der Waals surface area contributed by atoms with Gasteiger partial charge >= 0.3 is 5.97 Å². The molecule has 0 saturated heterocycles. The Bertz CT molecular complexity index is 501. The Hall–Kier alpha value is -0.860. The first-order chi connectivity index (χ1) is 11.4. The summed E-state index contributed by atoms with van der Waals surface area (Å²) in [5.74, 6) is 4.05. The fourth-order valence-electron chi connectivity index (χ4n) is 6.62. The first kappa shape index (κ1) is 16.6. The number of nitrogens with zero attached hydrogens (tertiary/aromatic N) is 1. The van der Waals surface area contributed by atoms with Crippen LogP contribution < -0.4 is 0 Å². The van der Waals surface area contributed by atoms with Gasteiger partial charge < -0.3 is 4.84 Å². The Morgan fingerprint density at radius 1 is 1.08 bits per heavy atom. The summed E-state index contributed by atoms with van der Waals surface area (Å²) in [6.45, 7) is 6.81. The smallest absolute Gasteiger partial charge is 0.318 e. The second-order valence-electron chi connectivity index (χ2n) is 9.90. The second-order valence-corrected chi connectivity index (χ2v) is 9.90. The lowest BCUT2D eigenvalue weighted by atomic mass is 9.49. The Kier molecular flexibility index (Phi) is 4.25. The molecule has 0 aromatic heterocycles. The van der Waals surface area contributed by atoms with Crippen molar-refractivity contribution in [3.05, 3.63) is 0 Å². The van der Waals surface area contributed by atoms with Gasteiger partial charge in [0.05, 0.1) is 11.1 Å². The molecule has 0 unspecified atom stereocenters. The zero-order valence-corrected chi connectivity index (χ0v) is 15.6. The van der Waals surface area contributed by atoms with Gasteiger partial charge in [-0.1, -0.05) is 25.9 Å². The van der Waals surface area contributed by atoms with E-state index in [9.17, 15) is 4.79 Å². The van der Waals surface area contributed by atoms with E-state index in [4.69, 9.17) is 4.84 Å². The maximum Gasteiger partial charge on any atom is 0.341 e. The molecule has 5 aliphatic carbocycles. The minimum absolute atomic E-state index is 0.00478. The van der Waals surface area contributed by atoms with Crippen molar-refractivity contribution in [1.82, 2.24) is 0 Å². The van der Waals surface area contributed by atoms with E-state index in [1.165, 1.54) is 32.1 Å². The topological polar surface area (TPSA) is 38.7 Å². The third kappa shape index (κ3) is 2.93. The summed E-state index contributed by atoms with van der Waals surface area (Å²) in [6, 6.07) is 0. The van der Waals surface area contributed by atoms with Gasteiger partial charge in [-0.05, 0) is 87.4 Å². The second kappa shape index (κ2) is 6.14. The molecule has 0 radical (unpaired) electrons. The van der Waals surface area contributed by atoms with Crippen LogP contribution in [0, 0.1) is 40.9 Å². The third-order valence-corrected chi connectivity index (χ3v) is 7.48. The molecular formula is C21H33NO2. The Morgan fingerprint density at radius 3 is 2.21 bits per heavy atom. The minimum Gasteiger partial charge on any atom is -0.318 e. The molecule has 0 N–H and O–H groups in total. The summed E-state index contributed by atoms with van der Waals surface area (Å²) < 4.78 is 0. The normalized spacial score (nSPS) is 45.8. The van der Waals surface area contributed by atoms with Crippen molar-refractivity contribution in [1.29, 1.82) is 0 Å². The van der Waals surface area contributed by atoms with Crippen molar-refractivity contribution >= 4 is 11.7 Å².